The number of ether oxygens (including phenoxy) is 1. The molecule has 0 saturated heterocycles. The summed E-state index contributed by atoms with van der Waals surface area (Å²) in [6, 6.07) is 0. The molecule has 0 aromatic carbocycles. The average Bonchev–Trinajstić information content (AvgIpc) is 2.13. The van der Waals surface area contributed by atoms with Gasteiger partial charge in [0, 0.05) is 5.25 Å². The number of rotatable bonds is 6. The van der Waals surface area contributed by atoms with Gasteiger partial charge in [-0.15, -0.1) is 11.8 Å². The third kappa shape index (κ3) is 4.86. The third-order valence-corrected chi connectivity index (χ3v) is 3.66. The maximum atomic E-state index is 11.4. The van der Waals surface area contributed by atoms with Crippen molar-refractivity contribution in [1.82, 2.24) is 0 Å². The van der Waals surface area contributed by atoms with Gasteiger partial charge in [-0.1, -0.05) is 13.8 Å². The quantitative estimate of drug-likeness (QED) is 0.694. The lowest BCUT2D eigenvalue weighted by molar-refractivity contribution is -0.142. The molecule has 0 amide bonds. The summed E-state index contributed by atoms with van der Waals surface area (Å²) in [5, 5.41) is 9.21. The number of hydrogen-bond donors (Lipinski definition) is 1. The maximum Gasteiger partial charge on any atom is 0.319 e. The Hall–Kier alpha value is -0.220. The van der Waals surface area contributed by atoms with Gasteiger partial charge in [0.1, 0.15) is 5.25 Å². The molecule has 0 rings (SSSR count). The van der Waals surface area contributed by atoms with Crippen LogP contribution in [0.4, 0.5) is 0 Å². The van der Waals surface area contributed by atoms with Crippen LogP contribution in [0.3, 0.4) is 0 Å². The van der Waals surface area contributed by atoms with Crippen LogP contribution in [0.15, 0.2) is 0 Å². The molecule has 0 aromatic heterocycles. The van der Waals surface area contributed by atoms with E-state index in [0.29, 0.717) is 6.61 Å². The average molecular weight is 220 g/mol. The van der Waals surface area contributed by atoms with E-state index in [1.165, 1.54) is 11.8 Å². The van der Waals surface area contributed by atoms with E-state index in [2.05, 4.69) is 0 Å². The van der Waals surface area contributed by atoms with E-state index in [-0.39, 0.29) is 16.5 Å². The Morgan fingerprint density at radius 1 is 1.43 bits per heavy atom. The molecule has 0 aromatic rings. The first-order valence-electron chi connectivity index (χ1n) is 5.03. The Kier molecular flexibility index (Phi) is 7.01. The van der Waals surface area contributed by atoms with E-state index < -0.39 is 6.10 Å². The minimum Gasteiger partial charge on any atom is -0.465 e. The number of hydrogen-bond acceptors (Lipinski definition) is 4. The first-order valence-corrected chi connectivity index (χ1v) is 5.97. The van der Waals surface area contributed by atoms with Crippen molar-refractivity contribution >= 4 is 17.7 Å². The summed E-state index contributed by atoms with van der Waals surface area (Å²) in [6.07, 6.45) is 0.337. The molecule has 14 heavy (non-hydrogen) atoms. The Labute approximate surface area is 90.2 Å². The van der Waals surface area contributed by atoms with Crippen molar-refractivity contribution in [3.63, 3.8) is 0 Å². The molecule has 0 spiro atoms. The first kappa shape index (κ1) is 13.8. The molecule has 0 radical (unpaired) electrons. The number of aliphatic hydroxyl groups excluding tert-OH is 1. The molecule has 0 aliphatic heterocycles. The van der Waals surface area contributed by atoms with Crippen molar-refractivity contribution in [2.24, 2.45) is 0 Å². The van der Waals surface area contributed by atoms with Crippen LogP contribution in [0, 0.1) is 0 Å². The number of carbonyl (C=O) groups excluding carboxylic acids is 1. The molecule has 0 aliphatic rings. The van der Waals surface area contributed by atoms with Crippen LogP contribution in [0.1, 0.15) is 34.1 Å². The highest BCUT2D eigenvalue weighted by Crippen LogP contribution is 2.23. The maximum absolute atomic E-state index is 11.4. The van der Waals surface area contributed by atoms with Crippen LogP contribution in [-0.4, -0.2) is 34.3 Å². The molecule has 4 heteroatoms. The second kappa shape index (κ2) is 7.12. The SMILES string of the molecule is CCOC(=O)C(CC)SC(C)C(C)O. The lowest BCUT2D eigenvalue weighted by Crippen LogP contribution is -2.25. The highest BCUT2D eigenvalue weighted by molar-refractivity contribution is 8.01. The van der Waals surface area contributed by atoms with Crippen LogP contribution in [0.2, 0.25) is 0 Å². The minimum absolute atomic E-state index is 0.0596. The first-order chi connectivity index (χ1) is 6.52. The van der Waals surface area contributed by atoms with Crippen LogP contribution in [0.5, 0.6) is 0 Å². The third-order valence-electron chi connectivity index (χ3n) is 1.98. The smallest absolute Gasteiger partial charge is 0.319 e. The Balaban J connectivity index is 4.07. The number of aliphatic hydroxyl groups is 1. The lowest BCUT2D eigenvalue weighted by Gasteiger charge is -2.19. The van der Waals surface area contributed by atoms with Crippen molar-refractivity contribution < 1.29 is 14.6 Å². The molecule has 3 nitrogen and oxygen atoms in total. The van der Waals surface area contributed by atoms with E-state index in [0.717, 1.165) is 6.42 Å². The Morgan fingerprint density at radius 2 is 2.00 bits per heavy atom. The van der Waals surface area contributed by atoms with Gasteiger partial charge in [0.25, 0.3) is 0 Å². The van der Waals surface area contributed by atoms with E-state index in [9.17, 15) is 9.90 Å². The topological polar surface area (TPSA) is 46.5 Å². The van der Waals surface area contributed by atoms with E-state index >= 15 is 0 Å². The monoisotopic (exact) mass is 220 g/mol. The summed E-state index contributed by atoms with van der Waals surface area (Å²) in [5.74, 6) is -0.174. The lowest BCUT2D eigenvalue weighted by atomic mass is 10.3. The zero-order valence-electron chi connectivity index (χ0n) is 9.32. The van der Waals surface area contributed by atoms with Gasteiger partial charge in [0.15, 0.2) is 0 Å². The summed E-state index contributed by atoms with van der Waals surface area (Å²) in [4.78, 5) is 11.4. The molecule has 0 fully saturated rings. The van der Waals surface area contributed by atoms with Gasteiger partial charge in [-0.25, -0.2) is 0 Å². The molecule has 0 saturated carbocycles. The van der Waals surface area contributed by atoms with Crippen molar-refractivity contribution in [2.45, 2.75) is 50.7 Å². The normalized spacial score (nSPS) is 17.2. The van der Waals surface area contributed by atoms with Gasteiger partial charge in [-0.3, -0.25) is 4.79 Å². The molecule has 3 unspecified atom stereocenters. The molecule has 3 atom stereocenters. The summed E-state index contributed by atoms with van der Waals surface area (Å²) >= 11 is 1.48. The second-order valence-corrected chi connectivity index (χ2v) is 4.82. The zero-order valence-corrected chi connectivity index (χ0v) is 10.1. The zero-order chi connectivity index (χ0) is 11.1. The molecule has 0 bridgehead atoms. The number of thioether (sulfide) groups is 1. The van der Waals surface area contributed by atoms with E-state index in [1.807, 2.05) is 13.8 Å². The van der Waals surface area contributed by atoms with Gasteiger partial charge in [0.05, 0.1) is 12.7 Å². The van der Waals surface area contributed by atoms with Crippen molar-refractivity contribution in [1.29, 1.82) is 0 Å². The molecular weight excluding hydrogens is 200 g/mol. The Morgan fingerprint density at radius 3 is 2.36 bits per heavy atom. The highest BCUT2D eigenvalue weighted by Gasteiger charge is 2.22. The summed E-state index contributed by atoms with van der Waals surface area (Å²) in [7, 11) is 0. The number of esters is 1. The fourth-order valence-corrected chi connectivity index (χ4v) is 2.04. The van der Waals surface area contributed by atoms with Crippen LogP contribution in [-0.2, 0) is 9.53 Å². The standard InChI is InChI=1S/C10H20O3S/c1-5-9(10(12)13-6-2)14-8(4)7(3)11/h7-9,11H,5-6H2,1-4H3. The predicted octanol–water partition coefficient (Wildman–Crippen LogP) is 1.83. The highest BCUT2D eigenvalue weighted by atomic mass is 32.2. The Bertz CT molecular complexity index is 171. The molecule has 0 heterocycles. The predicted molar refractivity (Wildman–Crippen MR) is 59.4 cm³/mol. The van der Waals surface area contributed by atoms with Crippen molar-refractivity contribution in [3.05, 3.63) is 0 Å². The van der Waals surface area contributed by atoms with E-state index in [4.69, 9.17) is 4.74 Å². The minimum atomic E-state index is -0.400. The number of carbonyl (C=O) groups is 1. The van der Waals surface area contributed by atoms with Gasteiger partial charge >= 0.3 is 5.97 Å². The second-order valence-electron chi connectivity index (χ2n) is 3.23. The van der Waals surface area contributed by atoms with Crippen LogP contribution in [0.25, 0.3) is 0 Å². The van der Waals surface area contributed by atoms with Gasteiger partial charge in [0.2, 0.25) is 0 Å². The van der Waals surface area contributed by atoms with Crippen molar-refractivity contribution in [3.8, 4) is 0 Å². The summed E-state index contributed by atoms with van der Waals surface area (Å²) in [5.41, 5.74) is 0. The fourth-order valence-electron chi connectivity index (χ4n) is 0.926. The van der Waals surface area contributed by atoms with Gasteiger partial charge < -0.3 is 9.84 Å². The summed E-state index contributed by atoms with van der Waals surface area (Å²) in [6.45, 7) is 7.81. The van der Waals surface area contributed by atoms with Gasteiger partial charge in [-0.05, 0) is 20.3 Å². The largest absolute Gasteiger partial charge is 0.465 e. The van der Waals surface area contributed by atoms with E-state index in [1.54, 1.807) is 13.8 Å². The molecule has 0 aliphatic carbocycles. The van der Waals surface area contributed by atoms with Crippen LogP contribution >= 0.6 is 11.8 Å². The van der Waals surface area contributed by atoms with Gasteiger partial charge in [-0.2, -0.15) is 0 Å². The van der Waals surface area contributed by atoms with Crippen molar-refractivity contribution in [2.75, 3.05) is 6.61 Å². The molecule has 1 N–H and O–H groups in total. The van der Waals surface area contributed by atoms with Crippen LogP contribution < -0.4 is 0 Å². The summed E-state index contributed by atoms with van der Waals surface area (Å²) < 4.78 is 4.93. The molecule has 84 valence electrons. The fraction of sp³-hybridized carbons (Fsp3) is 0.900. The molecular formula is C10H20O3S.